The molecule has 1 aromatic heterocycles. The molecule has 0 bridgehead atoms. The van der Waals surface area contributed by atoms with Crippen molar-refractivity contribution in [1.29, 1.82) is 0 Å². The average Bonchev–Trinajstić information content (AvgIpc) is 2.70. The lowest BCUT2D eigenvalue weighted by Gasteiger charge is -2.09. The molecule has 1 fully saturated rings. The van der Waals surface area contributed by atoms with Gasteiger partial charge in [-0.3, -0.25) is 9.78 Å². The fraction of sp³-hybridized carbons (Fsp3) is 0.400. The maximum Gasteiger partial charge on any atom is 0.237 e. The van der Waals surface area contributed by atoms with Gasteiger partial charge in [-0.25, -0.2) is 4.39 Å². The summed E-state index contributed by atoms with van der Waals surface area (Å²) in [5.74, 6) is 0.538. The van der Waals surface area contributed by atoms with Crippen LogP contribution in [0.25, 0.3) is 0 Å². The van der Waals surface area contributed by atoms with E-state index in [2.05, 4.69) is 10.3 Å². The molecule has 2 heterocycles. The summed E-state index contributed by atoms with van der Waals surface area (Å²) >= 11 is 1.65. The minimum Gasteiger partial charge on any atom is -0.324 e. The van der Waals surface area contributed by atoms with Crippen LogP contribution in [0.1, 0.15) is 12.8 Å². The third-order valence-electron chi connectivity index (χ3n) is 2.19. The number of pyridine rings is 1. The van der Waals surface area contributed by atoms with E-state index in [-0.39, 0.29) is 11.2 Å². The topological polar surface area (TPSA) is 42.0 Å². The molecule has 0 spiro atoms. The molecule has 1 atom stereocenters. The van der Waals surface area contributed by atoms with Crippen LogP contribution < -0.4 is 5.32 Å². The number of nitrogens with zero attached hydrogens (tertiary/aromatic N) is 1. The number of carbonyl (C=O) groups is 1. The van der Waals surface area contributed by atoms with Gasteiger partial charge in [0.2, 0.25) is 5.91 Å². The van der Waals surface area contributed by atoms with Gasteiger partial charge in [-0.05, 0) is 18.6 Å². The van der Waals surface area contributed by atoms with E-state index in [1.54, 1.807) is 11.8 Å². The Hall–Kier alpha value is -1.10. The van der Waals surface area contributed by atoms with Crippen LogP contribution in [0.3, 0.4) is 0 Å². The van der Waals surface area contributed by atoms with Crippen LogP contribution in [0.4, 0.5) is 10.1 Å². The van der Waals surface area contributed by atoms with Gasteiger partial charge in [-0.1, -0.05) is 0 Å². The van der Waals surface area contributed by atoms with Gasteiger partial charge in [-0.2, -0.15) is 0 Å². The molecule has 15 heavy (non-hydrogen) atoms. The molecule has 1 aliphatic heterocycles. The van der Waals surface area contributed by atoms with Crippen molar-refractivity contribution in [3.8, 4) is 0 Å². The van der Waals surface area contributed by atoms with Crippen molar-refractivity contribution in [2.24, 2.45) is 0 Å². The standard InChI is InChI=1S/C10H11FN2OS/c11-7-4-8(6-12-5-7)13-10(14)9-2-1-3-15-9/h4-6,9H,1-3H2,(H,13,14)/t9-/m1/s1. The van der Waals surface area contributed by atoms with Crippen molar-refractivity contribution in [2.75, 3.05) is 11.1 Å². The maximum atomic E-state index is 12.8. The predicted molar refractivity (Wildman–Crippen MR) is 58.3 cm³/mol. The Morgan fingerprint density at radius 2 is 2.47 bits per heavy atom. The van der Waals surface area contributed by atoms with Crippen LogP contribution in [0.15, 0.2) is 18.5 Å². The minimum atomic E-state index is -0.438. The van der Waals surface area contributed by atoms with E-state index in [1.807, 2.05) is 0 Å². The number of nitrogens with one attached hydrogen (secondary N) is 1. The molecular weight excluding hydrogens is 215 g/mol. The van der Waals surface area contributed by atoms with Gasteiger partial charge in [0.05, 0.1) is 23.3 Å². The molecule has 0 unspecified atom stereocenters. The number of anilines is 1. The van der Waals surface area contributed by atoms with Crippen LogP contribution in [0.2, 0.25) is 0 Å². The second-order valence-electron chi connectivity index (χ2n) is 3.38. The molecule has 1 saturated heterocycles. The zero-order valence-corrected chi connectivity index (χ0v) is 8.89. The molecule has 1 aliphatic rings. The van der Waals surface area contributed by atoms with E-state index in [1.165, 1.54) is 12.3 Å². The molecule has 0 saturated carbocycles. The highest BCUT2D eigenvalue weighted by Crippen LogP contribution is 2.27. The highest BCUT2D eigenvalue weighted by Gasteiger charge is 2.23. The largest absolute Gasteiger partial charge is 0.324 e. The number of hydrogen-bond donors (Lipinski definition) is 1. The molecule has 0 aromatic carbocycles. The summed E-state index contributed by atoms with van der Waals surface area (Å²) in [7, 11) is 0. The summed E-state index contributed by atoms with van der Waals surface area (Å²) in [6.07, 6.45) is 4.53. The van der Waals surface area contributed by atoms with E-state index in [4.69, 9.17) is 0 Å². The van der Waals surface area contributed by atoms with E-state index < -0.39 is 5.82 Å². The highest BCUT2D eigenvalue weighted by atomic mass is 32.2. The zero-order chi connectivity index (χ0) is 10.7. The summed E-state index contributed by atoms with van der Waals surface area (Å²) < 4.78 is 12.8. The molecule has 0 radical (unpaired) electrons. The first-order valence-electron chi connectivity index (χ1n) is 4.79. The summed E-state index contributed by atoms with van der Waals surface area (Å²) in [6, 6.07) is 1.27. The van der Waals surface area contributed by atoms with Gasteiger partial charge in [0.1, 0.15) is 5.82 Å². The second-order valence-corrected chi connectivity index (χ2v) is 4.69. The lowest BCUT2D eigenvalue weighted by atomic mass is 10.2. The molecular formula is C10H11FN2OS. The first-order valence-corrected chi connectivity index (χ1v) is 5.83. The minimum absolute atomic E-state index is 0.00765. The number of hydrogen-bond acceptors (Lipinski definition) is 3. The van der Waals surface area contributed by atoms with Gasteiger partial charge in [0.15, 0.2) is 0 Å². The fourth-order valence-corrected chi connectivity index (χ4v) is 2.65. The van der Waals surface area contributed by atoms with Gasteiger partial charge in [-0.15, -0.1) is 11.8 Å². The zero-order valence-electron chi connectivity index (χ0n) is 8.07. The number of thioether (sulfide) groups is 1. The summed E-state index contributed by atoms with van der Waals surface area (Å²) in [5, 5.41) is 2.67. The Bertz CT molecular complexity index is 366. The smallest absolute Gasteiger partial charge is 0.237 e. The van der Waals surface area contributed by atoms with E-state index in [0.29, 0.717) is 5.69 Å². The third kappa shape index (κ3) is 2.68. The predicted octanol–water partition coefficient (Wildman–Crippen LogP) is 2.05. The van der Waals surface area contributed by atoms with Crippen molar-refractivity contribution in [3.63, 3.8) is 0 Å². The molecule has 3 nitrogen and oxygen atoms in total. The molecule has 5 heteroatoms. The lowest BCUT2D eigenvalue weighted by Crippen LogP contribution is -2.22. The maximum absolute atomic E-state index is 12.8. The van der Waals surface area contributed by atoms with Gasteiger partial charge in [0.25, 0.3) is 0 Å². The van der Waals surface area contributed by atoms with Crippen molar-refractivity contribution in [2.45, 2.75) is 18.1 Å². The Morgan fingerprint density at radius 3 is 3.13 bits per heavy atom. The number of halogens is 1. The Balaban J connectivity index is 1.99. The van der Waals surface area contributed by atoms with Crippen LogP contribution in [0, 0.1) is 5.82 Å². The Kier molecular flexibility index (Phi) is 3.20. The van der Waals surface area contributed by atoms with Crippen LogP contribution in [-0.4, -0.2) is 21.9 Å². The molecule has 1 N–H and O–H groups in total. The number of amides is 1. The number of aromatic nitrogens is 1. The van der Waals surface area contributed by atoms with E-state index in [9.17, 15) is 9.18 Å². The molecule has 2 rings (SSSR count). The summed E-state index contributed by atoms with van der Waals surface area (Å²) in [4.78, 5) is 15.3. The third-order valence-corrected chi connectivity index (χ3v) is 3.57. The van der Waals surface area contributed by atoms with Crippen LogP contribution >= 0.6 is 11.8 Å². The van der Waals surface area contributed by atoms with Crippen molar-refractivity contribution < 1.29 is 9.18 Å². The van der Waals surface area contributed by atoms with Crippen molar-refractivity contribution >= 4 is 23.4 Å². The fourth-order valence-electron chi connectivity index (χ4n) is 1.49. The quantitative estimate of drug-likeness (QED) is 0.839. The first-order chi connectivity index (χ1) is 7.25. The summed E-state index contributed by atoms with van der Waals surface area (Å²) in [5.41, 5.74) is 0.424. The number of rotatable bonds is 2. The monoisotopic (exact) mass is 226 g/mol. The van der Waals surface area contributed by atoms with Gasteiger partial charge in [0, 0.05) is 6.07 Å². The SMILES string of the molecule is O=C(Nc1cncc(F)c1)[C@H]1CCCS1. The van der Waals surface area contributed by atoms with Gasteiger partial charge < -0.3 is 5.32 Å². The Labute approximate surface area is 91.5 Å². The molecule has 0 aliphatic carbocycles. The van der Waals surface area contributed by atoms with Crippen molar-refractivity contribution in [1.82, 2.24) is 4.98 Å². The van der Waals surface area contributed by atoms with E-state index in [0.717, 1.165) is 24.8 Å². The normalized spacial score (nSPS) is 20.2. The highest BCUT2D eigenvalue weighted by molar-refractivity contribution is 8.00. The molecule has 1 aromatic rings. The number of carbonyl (C=O) groups excluding carboxylic acids is 1. The average molecular weight is 226 g/mol. The lowest BCUT2D eigenvalue weighted by molar-refractivity contribution is -0.115. The molecule has 1 amide bonds. The van der Waals surface area contributed by atoms with Crippen LogP contribution in [-0.2, 0) is 4.79 Å². The summed E-state index contributed by atoms with van der Waals surface area (Å²) in [6.45, 7) is 0. The van der Waals surface area contributed by atoms with Gasteiger partial charge >= 0.3 is 0 Å². The second kappa shape index (κ2) is 4.61. The first kappa shape index (κ1) is 10.4. The van der Waals surface area contributed by atoms with E-state index >= 15 is 0 Å². The van der Waals surface area contributed by atoms with Crippen LogP contribution in [0.5, 0.6) is 0 Å². The van der Waals surface area contributed by atoms with Crippen molar-refractivity contribution in [3.05, 3.63) is 24.3 Å². The Morgan fingerprint density at radius 1 is 1.60 bits per heavy atom. The molecule has 80 valence electrons.